The quantitative estimate of drug-likeness (QED) is 0.411. The number of hydrogen-bond donors (Lipinski definition) is 1. The topological polar surface area (TPSA) is 87.5 Å². The van der Waals surface area contributed by atoms with Gasteiger partial charge in [-0.2, -0.15) is 0 Å². The largest absolute Gasteiger partial charge is 0.331 e. The predicted molar refractivity (Wildman–Crippen MR) is 111 cm³/mol. The number of amides is 1. The average molecular weight is 416 g/mol. The number of imidazole rings is 1. The fourth-order valence-corrected chi connectivity index (χ4v) is 3.87. The van der Waals surface area contributed by atoms with Gasteiger partial charge in [0.05, 0.1) is 12.2 Å². The molecule has 1 aliphatic rings. The fraction of sp³-hybridized carbons (Fsp3) is 0.130. The SMILES string of the molecule is O=C(C(=O)N1CCc2[nH]c(=O)n3cc(-c4ccccc4F)nc3c2C1)c1ccccc1. The maximum Gasteiger partial charge on any atom is 0.331 e. The number of halogens is 1. The van der Waals surface area contributed by atoms with E-state index in [9.17, 15) is 18.8 Å². The van der Waals surface area contributed by atoms with Gasteiger partial charge in [0, 0.05) is 41.5 Å². The first-order valence-electron chi connectivity index (χ1n) is 9.79. The van der Waals surface area contributed by atoms with Crippen molar-refractivity contribution in [1.82, 2.24) is 19.3 Å². The van der Waals surface area contributed by atoms with Crippen molar-refractivity contribution in [2.45, 2.75) is 13.0 Å². The molecule has 0 saturated carbocycles. The standard InChI is InChI=1S/C23H17FN4O3/c24-17-9-5-4-8-15(17)19-13-28-21(25-19)16-12-27(11-10-18(16)26-23(28)31)22(30)20(29)14-6-2-1-3-7-14/h1-9,13H,10-12H2,(H,26,31). The molecule has 154 valence electrons. The lowest BCUT2D eigenvalue weighted by Crippen LogP contribution is -2.41. The number of benzene rings is 2. The van der Waals surface area contributed by atoms with Crippen LogP contribution in [0.4, 0.5) is 4.39 Å². The highest BCUT2D eigenvalue weighted by atomic mass is 19.1. The number of hydrogen-bond acceptors (Lipinski definition) is 4. The number of aromatic amines is 1. The summed E-state index contributed by atoms with van der Waals surface area (Å²) in [7, 11) is 0. The zero-order valence-electron chi connectivity index (χ0n) is 16.3. The highest BCUT2D eigenvalue weighted by Gasteiger charge is 2.29. The lowest BCUT2D eigenvalue weighted by molar-refractivity contribution is -0.127. The molecule has 0 radical (unpaired) electrons. The number of carbonyl (C=O) groups is 2. The second-order valence-electron chi connectivity index (χ2n) is 7.36. The fourth-order valence-electron chi connectivity index (χ4n) is 3.87. The van der Waals surface area contributed by atoms with E-state index in [0.717, 1.165) is 0 Å². The lowest BCUT2D eigenvalue weighted by atomic mass is 10.0. The third-order valence-corrected chi connectivity index (χ3v) is 5.46. The molecule has 0 bridgehead atoms. The molecule has 0 aliphatic carbocycles. The number of aromatic nitrogens is 3. The second-order valence-corrected chi connectivity index (χ2v) is 7.36. The molecule has 0 spiro atoms. The number of nitrogens with zero attached hydrogens (tertiary/aromatic N) is 3. The van der Waals surface area contributed by atoms with Crippen molar-refractivity contribution in [3.8, 4) is 11.3 Å². The van der Waals surface area contributed by atoms with E-state index < -0.39 is 17.5 Å². The van der Waals surface area contributed by atoms with E-state index in [-0.39, 0.29) is 17.8 Å². The summed E-state index contributed by atoms with van der Waals surface area (Å²) in [5, 5.41) is 0. The molecule has 4 aromatic rings. The van der Waals surface area contributed by atoms with E-state index in [1.165, 1.54) is 21.6 Å². The molecule has 2 aromatic carbocycles. The molecular weight excluding hydrogens is 399 g/mol. The predicted octanol–water partition coefficient (Wildman–Crippen LogP) is 2.60. The minimum absolute atomic E-state index is 0.126. The van der Waals surface area contributed by atoms with E-state index in [1.807, 2.05) is 0 Å². The Hall–Kier alpha value is -4.07. The van der Waals surface area contributed by atoms with Gasteiger partial charge >= 0.3 is 5.69 Å². The maximum atomic E-state index is 14.2. The van der Waals surface area contributed by atoms with Crippen molar-refractivity contribution in [1.29, 1.82) is 0 Å². The number of H-pyrrole nitrogens is 1. The zero-order chi connectivity index (χ0) is 21.5. The Morgan fingerprint density at radius 2 is 1.77 bits per heavy atom. The lowest BCUT2D eigenvalue weighted by Gasteiger charge is -2.28. The van der Waals surface area contributed by atoms with Crippen LogP contribution in [0.2, 0.25) is 0 Å². The number of Topliss-reactive ketones (excluding diaryl/α,β-unsaturated/α-hetero) is 1. The van der Waals surface area contributed by atoms with Gasteiger partial charge in [0.15, 0.2) is 0 Å². The molecule has 1 amide bonds. The first-order chi connectivity index (χ1) is 15.0. The van der Waals surface area contributed by atoms with E-state index in [4.69, 9.17) is 0 Å². The molecule has 8 heteroatoms. The molecule has 0 unspecified atom stereocenters. The second kappa shape index (κ2) is 7.32. The van der Waals surface area contributed by atoms with Crippen LogP contribution in [0.3, 0.4) is 0 Å². The molecule has 0 fully saturated rings. The maximum absolute atomic E-state index is 14.2. The van der Waals surface area contributed by atoms with Crippen LogP contribution < -0.4 is 5.69 Å². The number of carbonyl (C=O) groups excluding carboxylic acids is 2. The van der Waals surface area contributed by atoms with Gasteiger partial charge in [-0.15, -0.1) is 0 Å². The molecule has 7 nitrogen and oxygen atoms in total. The Balaban J connectivity index is 1.54. The monoisotopic (exact) mass is 416 g/mol. The van der Waals surface area contributed by atoms with Crippen molar-refractivity contribution in [2.75, 3.05) is 6.54 Å². The number of rotatable bonds is 3. The van der Waals surface area contributed by atoms with Crippen molar-refractivity contribution in [3.63, 3.8) is 0 Å². The highest BCUT2D eigenvalue weighted by molar-refractivity contribution is 6.42. The van der Waals surface area contributed by atoms with Gasteiger partial charge in [-0.1, -0.05) is 42.5 Å². The first-order valence-corrected chi connectivity index (χ1v) is 9.79. The summed E-state index contributed by atoms with van der Waals surface area (Å²) in [6.07, 6.45) is 1.86. The van der Waals surface area contributed by atoms with Gasteiger partial charge in [-0.3, -0.25) is 14.0 Å². The van der Waals surface area contributed by atoms with Crippen LogP contribution >= 0.6 is 0 Å². The Labute approximate surface area is 175 Å². The molecular formula is C23H17FN4O3. The van der Waals surface area contributed by atoms with Gasteiger partial charge in [0.2, 0.25) is 5.78 Å². The third kappa shape index (κ3) is 3.22. The van der Waals surface area contributed by atoms with Gasteiger partial charge < -0.3 is 9.88 Å². The van der Waals surface area contributed by atoms with Crippen LogP contribution in [0.5, 0.6) is 0 Å². The zero-order valence-corrected chi connectivity index (χ0v) is 16.3. The Kier molecular flexibility index (Phi) is 4.47. The van der Waals surface area contributed by atoms with Crippen LogP contribution in [0.25, 0.3) is 16.9 Å². The van der Waals surface area contributed by atoms with Crippen LogP contribution in [-0.2, 0) is 17.8 Å². The minimum Gasteiger partial charge on any atom is -0.331 e. The van der Waals surface area contributed by atoms with Gasteiger partial charge in [-0.25, -0.2) is 14.2 Å². The van der Waals surface area contributed by atoms with Crippen molar-refractivity contribution >= 4 is 17.3 Å². The summed E-state index contributed by atoms with van der Waals surface area (Å²) < 4.78 is 15.5. The van der Waals surface area contributed by atoms with Gasteiger partial charge in [0.1, 0.15) is 11.5 Å². The van der Waals surface area contributed by atoms with E-state index >= 15 is 0 Å². The molecule has 3 heterocycles. The average Bonchev–Trinajstić information content (AvgIpc) is 3.25. The number of nitrogens with one attached hydrogen (secondary N) is 1. The molecule has 2 aromatic heterocycles. The molecule has 31 heavy (non-hydrogen) atoms. The van der Waals surface area contributed by atoms with Crippen molar-refractivity contribution < 1.29 is 14.0 Å². The first kappa shape index (κ1) is 18.9. The Morgan fingerprint density at radius 1 is 1.03 bits per heavy atom. The van der Waals surface area contributed by atoms with Crippen LogP contribution in [-0.4, -0.2) is 37.5 Å². The van der Waals surface area contributed by atoms with Crippen LogP contribution in [0.1, 0.15) is 21.6 Å². The smallest absolute Gasteiger partial charge is 0.331 e. The molecule has 0 atom stereocenters. The van der Waals surface area contributed by atoms with E-state index in [2.05, 4.69) is 9.97 Å². The summed E-state index contributed by atoms with van der Waals surface area (Å²) >= 11 is 0. The number of fused-ring (bicyclic) bond motifs is 3. The van der Waals surface area contributed by atoms with E-state index in [1.54, 1.807) is 48.5 Å². The highest BCUT2D eigenvalue weighted by Crippen LogP contribution is 2.26. The summed E-state index contributed by atoms with van der Waals surface area (Å²) in [5.41, 5.74) is 2.20. The minimum atomic E-state index is -0.609. The summed E-state index contributed by atoms with van der Waals surface area (Å²) in [6, 6.07) is 14.6. The Morgan fingerprint density at radius 3 is 2.55 bits per heavy atom. The third-order valence-electron chi connectivity index (χ3n) is 5.46. The van der Waals surface area contributed by atoms with Crippen molar-refractivity contribution in [2.24, 2.45) is 0 Å². The molecule has 5 rings (SSSR count). The summed E-state index contributed by atoms with van der Waals surface area (Å²) in [5.74, 6) is -1.64. The van der Waals surface area contributed by atoms with Crippen molar-refractivity contribution in [3.05, 3.63) is 93.9 Å². The molecule has 1 N–H and O–H groups in total. The van der Waals surface area contributed by atoms with E-state index in [0.29, 0.717) is 41.1 Å². The normalized spacial score (nSPS) is 13.3. The molecule has 0 saturated heterocycles. The van der Waals surface area contributed by atoms with Crippen LogP contribution in [0, 0.1) is 5.82 Å². The van der Waals surface area contributed by atoms with Gasteiger partial charge in [-0.05, 0) is 12.1 Å². The van der Waals surface area contributed by atoms with Gasteiger partial charge in [0.25, 0.3) is 5.91 Å². The summed E-state index contributed by atoms with van der Waals surface area (Å²) in [4.78, 5) is 46.7. The number of ketones is 1. The molecule has 1 aliphatic heterocycles. The van der Waals surface area contributed by atoms with Crippen LogP contribution in [0.15, 0.2) is 65.6 Å². The Bertz CT molecular complexity index is 1390. The summed E-state index contributed by atoms with van der Waals surface area (Å²) in [6.45, 7) is 0.429.